The van der Waals surface area contributed by atoms with Crippen LogP contribution in [0.1, 0.15) is 12.0 Å². The fourth-order valence-electron chi connectivity index (χ4n) is 1.71. The molecule has 1 N–H and O–H groups in total. The van der Waals surface area contributed by atoms with Crippen molar-refractivity contribution in [2.24, 2.45) is 7.05 Å². The van der Waals surface area contributed by atoms with E-state index in [1.54, 1.807) is 4.68 Å². The van der Waals surface area contributed by atoms with Crippen LogP contribution in [0.4, 0.5) is 0 Å². The molecule has 80 valence electrons. The van der Waals surface area contributed by atoms with Gasteiger partial charge in [-0.1, -0.05) is 17.7 Å². The van der Waals surface area contributed by atoms with Crippen LogP contribution in [0.2, 0.25) is 5.15 Å². The first-order valence-corrected chi connectivity index (χ1v) is 5.32. The standard InChI is InChI=1S/C11H13ClN2O/c1-14-10-5-4-8(3-2-6-15)7-9(10)11(12)13-14/h4-5,7,15H,2-3,6H2,1H3. The van der Waals surface area contributed by atoms with E-state index < -0.39 is 0 Å². The van der Waals surface area contributed by atoms with Gasteiger partial charge in [0.25, 0.3) is 0 Å². The zero-order valence-corrected chi connectivity index (χ0v) is 9.33. The Kier molecular flexibility index (Phi) is 2.93. The highest BCUT2D eigenvalue weighted by atomic mass is 35.5. The van der Waals surface area contributed by atoms with E-state index >= 15 is 0 Å². The van der Waals surface area contributed by atoms with Crippen molar-refractivity contribution in [3.63, 3.8) is 0 Å². The molecule has 2 aromatic rings. The molecule has 0 bridgehead atoms. The summed E-state index contributed by atoms with van der Waals surface area (Å²) in [6.07, 6.45) is 1.65. The lowest BCUT2D eigenvalue weighted by Gasteiger charge is -2.00. The molecule has 0 aliphatic rings. The molecular formula is C11H13ClN2O. The van der Waals surface area contributed by atoms with Crippen LogP contribution in [-0.4, -0.2) is 21.5 Å². The van der Waals surface area contributed by atoms with Crippen molar-refractivity contribution < 1.29 is 5.11 Å². The molecule has 0 saturated carbocycles. The van der Waals surface area contributed by atoms with Crippen molar-refractivity contribution >= 4 is 22.5 Å². The van der Waals surface area contributed by atoms with Crippen LogP contribution in [0.5, 0.6) is 0 Å². The molecule has 0 radical (unpaired) electrons. The van der Waals surface area contributed by atoms with Gasteiger partial charge in [-0.15, -0.1) is 0 Å². The van der Waals surface area contributed by atoms with E-state index in [-0.39, 0.29) is 6.61 Å². The van der Waals surface area contributed by atoms with Crippen LogP contribution in [-0.2, 0) is 13.5 Å². The number of aliphatic hydroxyl groups excluding tert-OH is 1. The van der Waals surface area contributed by atoms with Gasteiger partial charge in [-0.05, 0) is 30.5 Å². The summed E-state index contributed by atoms with van der Waals surface area (Å²) in [4.78, 5) is 0. The molecule has 0 saturated heterocycles. The molecule has 0 amide bonds. The number of hydrogen-bond donors (Lipinski definition) is 1. The summed E-state index contributed by atoms with van der Waals surface area (Å²) in [7, 11) is 1.88. The smallest absolute Gasteiger partial charge is 0.158 e. The Morgan fingerprint density at radius 3 is 3.00 bits per heavy atom. The van der Waals surface area contributed by atoms with Crippen molar-refractivity contribution in [3.8, 4) is 0 Å². The highest BCUT2D eigenvalue weighted by Crippen LogP contribution is 2.23. The van der Waals surface area contributed by atoms with Gasteiger partial charge in [0.15, 0.2) is 5.15 Å². The summed E-state index contributed by atoms with van der Waals surface area (Å²) in [5.74, 6) is 0. The topological polar surface area (TPSA) is 38.0 Å². The number of rotatable bonds is 3. The van der Waals surface area contributed by atoms with Gasteiger partial charge >= 0.3 is 0 Å². The number of fused-ring (bicyclic) bond motifs is 1. The molecule has 0 spiro atoms. The first kappa shape index (κ1) is 10.5. The predicted octanol–water partition coefficient (Wildman–Crippen LogP) is 2.15. The van der Waals surface area contributed by atoms with Gasteiger partial charge in [0.2, 0.25) is 0 Å². The van der Waals surface area contributed by atoms with Gasteiger partial charge in [-0.25, -0.2) is 0 Å². The largest absolute Gasteiger partial charge is 0.396 e. The van der Waals surface area contributed by atoms with Crippen molar-refractivity contribution in [1.82, 2.24) is 9.78 Å². The maximum atomic E-state index is 8.76. The van der Waals surface area contributed by atoms with E-state index in [1.165, 1.54) is 5.56 Å². The highest BCUT2D eigenvalue weighted by molar-refractivity contribution is 6.34. The Labute approximate surface area is 93.3 Å². The van der Waals surface area contributed by atoms with E-state index in [2.05, 4.69) is 11.2 Å². The molecule has 1 aromatic carbocycles. The molecule has 0 fully saturated rings. The van der Waals surface area contributed by atoms with Gasteiger partial charge < -0.3 is 5.11 Å². The minimum Gasteiger partial charge on any atom is -0.396 e. The SMILES string of the molecule is Cn1nc(Cl)c2cc(CCCO)ccc21. The van der Waals surface area contributed by atoms with Crippen LogP contribution in [0.3, 0.4) is 0 Å². The molecule has 0 aliphatic heterocycles. The lowest BCUT2D eigenvalue weighted by molar-refractivity contribution is 0.288. The Balaban J connectivity index is 2.41. The Morgan fingerprint density at radius 1 is 1.47 bits per heavy atom. The van der Waals surface area contributed by atoms with E-state index in [4.69, 9.17) is 16.7 Å². The van der Waals surface area contributed by atoms with E-state index in [9.17, 15) is 0 Å². The van der Waals surface area contributed by atoms with Crippen molar-refractivity contribution in [1.29, 1.82) is 0 Å². The number of aryl methyl sites for hydroxylation is 2. The Morgan fingerprint density at radius 2 is 2.27 bits per heavy atom. The average molecular weight is 225 g/mol. The minimum atomic E-state index is 0.221. The highest BCUT2D eigenvalue weighted by Gasteiger charge is 2.06. The van der Waals surface area contributed by atoms with Gasteiger partial charge in [-0.2, -0.15) is 5.10 Å². The molecule has 15 heavy (non-hydrogen) atoms. The third-order valence-corrected chi connectivity index (χ3v) is 2.77. The quantitative estimate of drug-likeness (QED) is 0.868. The lowest BCUT2D eigenvalue weighted by atomic mass is 10.1. The van der Waals surface area contributed by atoms with Crippen LogP contribution in [0.25, 0.3) is 10.9 Å². The van der Waals surface area contributed by atoms with E-state index in [0.717, 1.165) is 23.7 Å². The second kappa shape index (κ2) is 4.21. The van der Waals surface area contributed by atoms with Gasteiger partial charge in [-0.3, -0.25) is 4.68 Å². The average Bonchev–Trinajstić information content (AvgIpc) is 2.52. The maximum Gasteiger partial charge on any atom is 0.158 e. The van der Waals surface area contributed by atoms with E-state index in [1.807, 2.05) is 19.2 Å². The molecule has 2 rings (SSSR count). The zero-order valence-electron chi connectivity index (χ0n) is 8.57. The summed E-state index contributed by atoms with van der Waals surface area (Å²) in [6, 6.07) is 6.11. The fraction of sp³-hybridized carbons (Fsp3) is 0.364. The molecule has 0 unspecified atom stereocenters. The normalized spacial score (nSPS) is 11.1. The van der Waals surface area contributed by atoms with Gasteiger partial charge in [0.05, 0.1) is 5.52 Å². The van der Waals surface area contributed by atoms with Crippen LogP contribution in [0.15, 0.2) is 18.2 Å². The van der Waals surface area contributed by atoms with Gasteiger partial charge in [0, 0.05) is 19.0 Å². The lowest BCUT2D eigenvalue weighted by Crippen LogP contribution is -1.91. The monoisotopic (exact) mass is 224 g/mol. The van der Waals surface area contributed by atoms with Crippen LogP contribution in [0, 0.1) is 0 Å². The predicted molar refractivity (Wildman–Crippen MR) is 61.1 cm³/mol. The van der Waals surface area contributed by atoms with Crippen molar-refractivity contribution in [2.45, 2.75) is 12.8 Å². The summed E-state index contributed by atoms with van der Waals surface area (Å²) in [6.45, 7) is 0.221. The van der Waals surface area contributed by atoms with Gasteiger partial charge in [0.1, 0.15) is 0 Å². The summed E-state index contributed by atoms with van der Waals surface area (Å²) in [5, 5.41) is 14.4. The summed E-state index contributed by atoms with van der Waals surface area (Å²) in [5.41, 5.74) is 2.22. The van der Waals surface area contributed by atoms with Crippen molar-refractivity contribution in [3.05, 3.63) is 28.9 Å². The van der Waals surface area contributed by atoms with Crippen LogP contribution >= 0.6 is 11.6 Å². The number of benzene rings is 1. The third-order valence-electron chi connectivity index (χ3n) is 2.49. The zero-order chi connectivity index (χ0) is 10.8. The minimum absolute atomic E-state index is 0.221. The van der Waals surface area contributed by atoms with E-state index in [0.29, 0.717) is 5.15 Å². The summed E-state index contributed by atoms with van der Waals surface area (Å²) < 4.78 is 1.77. The fourth-order valence-corrected chi connectivity index (χ4v) is 1.97. The maximum absolute atomic E-state index is 8.76. The number of hydrogen-bond acceptors (Lipinski definition) is 2. The molecule has 0 atom stereocenters. The molecule has 1 aromatic heterocycles. The molecule has 3 nitrogen and oxygen atoms in total. The first-order valence-electron chi connectivity index (χ1n) is 4.94. The molecule has 1 heterocycles. The third kappa shape index (κ3) is 1.98. The molecule has 4 heteroatoms. The number of nitrogens with zero attached hydrogens (tertiary/aromatic N) is 2. The number of halogens is 1. The van der Waals surface area contributed by atoms with Crippen molar-refractivity contribution in [2.75, 3.05) is 6.61 Å². The number of aliphatic hydroxyl groups is 1. The molecule has 0 aliphatic carbocycles. The second-order valence-corrected chi connectivity index (χ2v) is 3.95. The Bertz CT molecular complexity index is 479. The van der Waals surface area contributed by atoms with Crippen LogP contribution < -0.4 is 0 Å². The number of aromatic nitrogens is 2. The first-order chi connectivity index (χ1) is 7.22. The summed E-state index contributed by atoms with van der Waals surface area (Å²) >= 11 is 6.00. The second-order valence-electron chi connectivity index (χ2n) is 3.59. The Hall–Kier alpha value is -1.06. The molecular weight excluding hydrogens is 212 g/mol.